The van der Waals surface area contributed by atoms with Crippen LogP contribution >= 0.6 is 0 Å². The smallest absolute Gasteiger partial charge is 0.319 e. The molecular weight excluding hydrogens is 216 g/mol. The molecule has 0 heterocycles. The Bertz CT molecular complexity index is 244. The lowest BCUT2D eigenvalue weighted by Crippen LogP contribution is -2.41. The Morgan fingerprint density at radius 2 is 2.12 bits per heavy atom. The lowest BCUT2D eigenvalue weighted by Gasteiger charge is -2.18. The van der Waals surface area contributed by atoms with E-state index in [1.807, 2.05) is 6.92 Å². The van der Waals surface area contributed by atoms with Gasteiger partial charge < -0.3 is 15.7 Å². The van der Waals surface area contributed by atoms with Gasteiger partial charge in [-0.05, 0) is 25.2 Å². The Kier molecular flexibility index (Phi) is 6.70. The van der Waals surface area contributed by atoms with E-state index < -0.39 is 0 Å². The van der Waals surface area contributed by atoms with E-state index in [1.165, 1.54) is 32.1 Å². The number of aliphatic hydroxyl groups excluding tert-OH is 1. The minimum absolute atomic E-state index is 0.0176. The molecule has 1 fully saturated rings. The Labute approximate surface area is 103 Å². The Morgan fingerprint density at radius 3 is 2.71 bits per heavy atom. The molecule has 4 heteroatoms. The van der Waals surface area contributed by atoms with Gasteiger partial charge in [-0.15, -0.1) is 0 Å². The van der Waals surface area contributed by atoms with Crippen LogP contribution in [0, 0.1) is 5.92 Å². The molecule has 0 aromatic carbocycles. The standard InChI is InChI=1S/C13H24N2O2/c1-2-12(10-16)15-13(17)14-9-8-11-6-4-3-5-7-11/h8-9,11-12,16H,2-7,10H2,1H3,(H2,14,15,17)/b9-8+. The van der Waals surface area contributed by atoms with E-state index >= 15 is 0 Å². The van der Waals surface area contributed by atoms with Crippen LogP contribution in [0.5, 0.6) is 0 Å². The van der Waals surface area contributed by atoms with E-state index in [0.29, 0.717) is 5.92 Å². The van der Waals surface area contributed by atoms with E-state index in [9.17, 15) is 4.79 Å². The third-order valence-corrected chi connectivity index (χ3v) is 3.28. The van der Waals surface area contributed by atoms with Gasteiger partial charge in [-0.3, -0.25) is 0 Å². The Hall–Kier alpha value is -1.03. The summed E-state index contributed by atoms with van der Waals surface area (Å²) in [7, 11) is 0. The van der Waals surface area contributed by atoms with Crippen LogP contribution in [0.4, 0.5) is 4.79 Å². The van der Waals surface area contributed by atoms with E-state index in [0.717, 1.165) is 6.42 Å². The maximum absolute atomic E-state index is 11.4. The number of hydrogen-bond acceptors (Lipinski definition) is 2. The maximum atomic E-state index is 11.4. The third-order valence-electron chi connectivity index (χ3n) is 3.28. The van der Waals surface area contributed by atoms with Crippen LogP contribution in [0.1, 0.15) is 45.4 Å². The molecule has 1 atom stereocenters. The molecule has 0 aromatic heterocycles. The fourth-order valence-corrected chi connectivity index (χ4v) is 2.09. The molecule has 1 saturated carbocycles. The highest BCUT2D eigenvalue weighted by Crippen LogP contribution is 2.24. The molecule has 0 spiro atoms. The fraction of sp³-hybridized carbons (Fsp3) is 0.769. The molecule has 1 unspecified atom stereocenters. The summed E-state index contributed by atoms with van der Waals surface area (Å²) in [5.74, 6) is 0.615. The first-order valence-electron chi connectivity index (χ1n) is 6.60. The number of carbonyl (C=O) groups excluding carboxylic acids is 1. The summed E-state index contributed by atoms with van der Waals surface area (Å²) in [6.45, 7) is 1.91. The van der Waals surface area contributed by atoms with E-state index in [2.05, 4.69) is 16.7 Å². The van der Waals surface area contributed by atoms with Crippen molar-refractivity contribution in [3.8, 4) is 0 Å². The van der Waals surface area contributed by atoms with Crippen LogP contribution in [-0.4, -0.2) is 23.8 Å². The summed E-state index contributed by atoms with van der Waals surface area (Å²) in [6, 6.07) is -0.393. The largest absolute Gasteiger partial charge is 0.394 e. The number of nitrogens with one attached hydrogen (secondary N) is 2. The van der Waals surface area contributed by atoms with Gasteiger partial charge in [-0.25, -0.2) is 4.79 Å². The lowest BCUT2D eigenvalue weighted by molar-refractivity contribution is 0.217. The summed E-state index contributed by atoms with van der Waals surface area (Å²) >= 11 is 0. The van der Waals surface area contributed by atoms with Crippen molar-refractivity contribution in [3.05, 3.63) is 12.3 Å². The first-order valence-corrected chi connectivity index (χ1v) is 6.60. The minimum atomic E-state index is -0.238. The quantitative estimate of drug-likeness (QED) is 0.689. The van der Waals surface area contributed by atoms with Crippen LogP contribution in [0.25, 0.3) is 0 Å². The van der Waals surface area contributed by atoms with Crippen molar-refractivity contribution in [2.45, 2.75) is 51.5 Å². The van der Waals surface area contributed by atoms with Gasteiger partial charge in [0.1, 0.15) is 0 Å². The second-order valence-electron chi connectivity index (χ2n) is 4.66. The molecule has 1 aliphatic carbocycles. The number of amides is 2. The second kappa shape index (κ2) is 8.12. The highest BCUT2D eigenvalue weighted by molar-refractivity contribution is 5.75. The highest BCUT2D eigenvalue weighted by atomic mass is 16.3. The monoisotopic (exact) mass is 240 g/mol. The van der Waals surface area contributed by atoms with Crippen LogP contribution in [0.15, 0.2) is 12.3 Å². The number of urea groups is 1. The van der Waals surface area contributed by atoms with Gasteiger partial charge in [0.15, 0.2) is 0 Å². The lowest BCUT2D eigenvalue weighted by atomic mass is 9.89. The summed E-state index contributed by atoms with van der Waals surface area (Å²) in [5.41, 5.74) is 0. The van der Waals surface area contributed by atoms with Crippen LogP contribution in [0.3, 0.4) is 0 Å². The molecule has 4 nitrogen and oxygen atoms in total. The number of rotatable bonds is 5. The molecule has 3 N–H and O–H groups in total. The van der Waals surface area contributed by atoms with E-state index in [1.54, 1.807) is 6.20 Å². The zero-order chi connectivity index (χ0) is 12.5. The van der Waals surface area contributed by atoms with Crippen molar-refractivity contribution < 1.29 is 9.90 Å². The summed E-state index contributed by atoms with van der Waals surface area (Å²) in [6.07, 6.45) is 10.9. The van der Waals surface area contributed by atoms with Crippen molar-refractivity contribution in [1.82, 2.24) is 10.6 Å². The Balaban J connectivity index is 2.19. The SMILES string of the molecule is CCC(CO)NC(=O)N/C=C/C1CCCCC1. The highest BCUT2D eigenvalue weighted by Gasteiger charge is 2.10. The predicted molar refractivity (Wildman–Crippen MR) is 68.5 cm³/mol. The molecule has 98 valence electrons. The number of aliphatic hydroxyl groups is 1. The van der Waals surface area contributed by atoms with Crippen molar-refractivity contribution in [2.75, 3.05) is 6.61 Å². The topological polar surface area (TPSA) is 61.4 Å². The van der Waals surface area contributed by atoms with Crippen LogP contribution in [-0.2, 0) is 0 Å². The maximum Gasteiger partial charge on any atom is 0.319 e. The van der Waals surface area contributed by atoms with Crippen molar-refractivity contribution in [3.63, 3.8) is 0 Å². The zero-order valence-corrected chi connectivity index (χ0v) is 10.6. The summed E-state index contributed by atoms with van der Waals surface area (Å²) in [4.78, 5) is 11.4. The molecule has 0 saturated heterocycles. The molecule has 17 heavy (non-hydrogen) atoms. The second-order valence-corrected chi connectivity index (χ2v) is 4.66. The average molecular weight is 240 g/mol. The van der Waals surface area contributed by atoms with Gasteiger partial charge in [-0.1, -0.05) is 32.3 Å². The van der Waals surface area contributed by atoms with Crippen LogP contribution in [0.2, 0.25) is 0 Å². The molecule has 1 aliphatic rings. The molecule has 0 bridgehead atoms. The predicted octanol–water partition coefficient (Wildman–Crippen LogP) is 2.15. The fourth-order valence-electron chi connectivity index (χ4n) is 2.09. The number of allylic oxidation sites excluding steroid dienone is 1. The van der Waals surface area contributed by atoms with Crippen molar-refractivity contribution >= 4 is 6.03 Å². The van der Waals surface area contributed by atoms with Crippen LogP contribution < -0.4 is 10.6 Å². The minimum Gasteiger partial charge on any atom is -0.394 e. The zero-order valence-electron chi connectivity index (χ0n) is 10.6. The van der Waals surface area contributed by atoms with Gasteiger partial charge in [0.2, 0.25) is 0 Å². The first-order chi connectivity index (χ1) is 8.26. The summed E-state index contributed by atoms with van der Waals surface area (Å²) in [5, 5.41) is 14.3. The molecule has 0 radical (unpaired) electrons. The first kappa shape index (κ1) is 14.0. The number of carbonyl (C=O) groups is 1. The van der Waals surface area contributed by atoms with Gasteiger partial charge in [0.05, 0.1) is 12.6 Å². The molecule has 0 aromatic rings. The normalized spacial score (nSPS) is 19.2. The molecular formula is C13H24N2O2. The van der Waals surface area contributed by atoms with Crippen molar-refractivity contribution in [2.24, 2.45) is 5.92 Å². The van der Waals surface area contributed by atoms with Gasteiger partial charge in [-0.2, -0.15) is 0 Å². The van der Waals surface area contributed by atoms with Gasteiger partial charge in [0.25, 0.3) is 0 Å². The van der Waals surface area contributed by atoms with Gasteiger partial charge in [0, 0.05) is 6.20 Å². The average Bonchev–Trinajstić information content (AvgIpc) is 2.37. The Morgan fingerprint density at radius 1 is 1.41 bits per heavy atom. The molecule has 0 aliphatic heterocycles. The van der Waals surface area contributed by atoms with E-state index in [-0.39, 0.29) is 18.7 Å². The number of hydrogen-bond donors (Lipinski definition) is 3. The molecule has 1 rings (SSSR count). The van der Waals surface area contributed by atoms with Gasteiger partial charge >= 0.3 is 6.03 Å². The molecule has 2 amide bonds. The van der Waals surface area contributed by atoms with E-state index in [4.69, 9.17) is 5.11 Å². The van der Waals surface area contributed by atoms with Crippen molar-refractivity contribution in [1.29, 1.82) is 0 Å². The summed E-state index contributed by atoms with van der Waals surface area (Å²) < 4.78 is 0. The third kappa shape index (κ3) is 5.73.